The molecule has 4 rings (SSSR count). The molecule has 0 fully saturated rings. The van der Waals surface area contributed by atoms with Crippen molar-refractivity contribution in [1.82, 2.24) is 25.1 Å². The number of aryl methyl sites for hydroxylation is 1. The van der Waals surface area contributed by atoms with Gasteiger partial charge < -0.3 is 20.2 Å². The second kappa shape index (κ2) is 10.8. The summed E-state index contributed by atoms with van der Waals surface area (Å²) in [5.74, 6) is 0.452. The summed E-state index contributed by atoms with van der Waals surface area (Å²) in [5.41, 5.74) is 3.88. The van der Waals surface area contributed by atoms with E-state index >= 15 is 0 Å². The number of nitrogens with zero attached hydrogens (tertiary/aromatic N) is 6. The van der Waals surface area contributed by atoms with Gasteiger partial charge in [0.2, 0.25) is 0 Å². The van der Waals surface area contributed by atoms with E-state index in [0.29, 0.717) is 23.0 Å². The summed E-state index contributed by atoms with van der Waals surface area (Å²) in [7, 11) is 3.73. The SMILES string of the molecule is C=C/C(=C(/C)N(C)CC)c1ccc(N(C)c2cc(C)c(Nc3nc4ccccc4s3)nn2)nc1C(=O)O. The first-order valence-electron chi connectivity index (χ1n) is 11.7. The lowest BCUT2D eigenvalue weighted by Gasteiger charge is -2.22. The molecule has 1 aromatic carbocycles. The van der Waals surface area contributed by atoms with Gasteiger partial charge in [0.25, 0.3) is 0 Å². The first-order chi connectivity index (χ1) is 17.7. The number of carboxylic acid groups (broad SMARTS) is 1. The van der Waals surface area contributed by atoms with Crippen LogP contribution in [0.3, 0.4) is 0 Å². The minimum atomic E-state index is -1.12. The lowest BCUT2D eigenvalue weighted by atomic mass is 10.0. The Morgan fingerprint density at radius 3 is 2.54 bits per heavy atom. The molecule has 0 amide bonds. The molecule has 0 aliphatic rings. The van der Waals surface area contributed by atoms with Crippen LogP contribution in [-0.2, 0) is 0 Å². The van der Waals surface area contributed by atoms with Crippen molar-refractivity contribution in [2.45, 2.75) is 20.8 Å². The number of carbonyl (C=O) groups is 1. The van der Waals surface area contributed by atoms with E-state index in [1.165, 1.54) is 0 Å². The number of aromatic carboxylic acids is 1. The minimum absolute atomic E-state index is 0.0538. The minimum Gasteiger partial charge on any atom is -0.476 e. The topological polar surface area (TPSA) is 107 Å². The molecule has 9 nitrogen and oxygen atoms in total. The Bertz CT molecular complexity index is 1480. The number of nitrogens with one attached hydrogen (secondary N) is 1. The van der Waals surface area contributed by atoms with E-state index in [1.54, 1.807) is 41.5 Å². The van der Waals surface area contributed by atoms with Gasteiger partial charge in [0.15, 0.2) is 22.5 Å². The number of pyridine rings is 1. The molecule has 0 spiro atoms. The summed E-state index contributed by atoms with van der Waals surface area (Å²) in [6, 6.07) is 13.3. The van der Waals surface area contributed by atoms with E-state index in [-0.39, 0.29) is 5.69 Å². The monoisotopic (exact) mass is 515 g/mol. The van der Waals surface area contributed by atoms with Gasteiger partial charge in [-0.05, 0) is 56.7 Å². The number of allylic oxidation sites excluding steroid dienone is 3. The number of carboxylic acids is 1. The van der Waals surface area contributed by atoms with Crippen LogP contribution in [-0.4, -0.2) is 56.8 Å². The van der Waals surface area contributed by atoms with Crippen LogP contribution in [0.25, 0.3) is 15.8 Å². The highest BCUT2D eigenvalue weighted by molar-refractivity contribution is 7.22. The van der Waals surface area contributed by atoms with Crippen LogP contribution in [0.2, 0.25) is 0 Å². The van der Waals surface area contributed by atoms with Crippen molar-refractivity contribution in [3.05, 3.63) is 77.6 Å². The van der Waals surface area contributed by atoms with Gasteiger partial charge in [-0.2, -0.15) is 0 Å². The third-order valence-corrected chi connectivity index (χ3v) is 7.14. The van der Waals surface area contributed by atoms with Crippen molar-refractivity contribution >= 4 is 55.7 Å². The predicted molar refractivity (Wildman–Crippen MR) is 150 cm³/mol. The van der Waals surface area contributed by atoms with Crippen LogP contribution >= 0.6 is 11.3 Å². The highest BCUT2D eigenvalue weighted by atomic mass is 32.1. The molecule has 0 aliphatic heterocycles. The van der Waals surface area contributed by atoms with Gasteiger partial charge in [0.1, 0.15) is 5.82 Å². The molecule has 37 heavy (non-hydrogen) atoms. The summed E-state index contributed by atoms with van der Waals surface area (Å²) in [6.45, 7) is 10.6. The lowest BCUT2D eigenvalue weighted by molar-refractivity contribution is 0.0690. The zero-order valence-corrected chi connectivity index (χ0v) is 22.3. The van der Waals surface area contributed by atoms with Gasteiger partial charge in [0.05, 0.1) is 10.2 Å². The molecule has 0 radical (unpaired) electrons. The van der Waals surface area contributed by atoms with Crippen LogP contribution in [0.4, 0.5) is 22.6 Å². The molecule has 0 bridgehead atoms. The summed E-state index contributed by atoms with van der Waals surface area (Å²) in [5, 5.41) is 22.6. The van der Waals surface area contributed by atoms with Gasteiger partial charge in [-0.3, -0.25) is 0 Å². The van der Waals surface area contributed by atoms with Crippen molar-refractivity contribution in [1.29, 1.82) is 0 Å². The van der Waals surface area contributed by atoms with Gasteiger partial charge in [-0.25, -0.2) is 14.8 Å². The van der Waals surface area contributed by atoms with E-state index in [2.05, 4.69) is 32.1 Å². The van der Waals surface area contributed by atoms with Gasteiger partial charge >= 0.3 is 5.97 Å². The summed E-state index contributed by atoms with van der Waals surface area (Å²) in [6.07, 6.45) is 1.67. The molecule has 190 valence electrons. The number of thiazole rings is 1. The van der Waals surface area contributed by atoms with Crippen LogP contribution < -0.4 is 10.2 Å². The van der Waals surface area contributed by atoms with Gasteiger partial charge in [-0.1, -0.05) is 36.1 Å². The predicted octanol–water partition coefficient (Wildman–Crippen LogP) is 5.87. The Hall–Kier alpha value is -4.31. The van der Waals surface area contributed by atoms with Crippen LogP contribution in [0.15, 0.2) is 60.8 Å². The smallest absolute Gasteiger partial charge is 0.355 e. The number of hydrogen-bond donors (Lipinski definition) is 2. The molecule has 2 N–H and O–H groups in total. The Labute approximate surface area is 219 Å². The summed E-state index contributed by atoms with van der Waals surface area (Å²) < 4.78 is 1.08. The average molecular weight is 516 g/mol. The van der Waals surface area contributed by atoms with E-state index in [1.807, 2.05) is 63.1 Å². The second-order valence-electron chi connectivity index (χ2n) is 8.49. The third kappa shape index (κ3) is 5.29. The Balaban J connectivity index is 1.63. The largest absolute Gasteiger partial charge is 0.476 e. The molecule has 10 heteroatoms. The number of benzene rings is 1. The summed E-state index contributed by atoms with van der Waals surface area (Å²) >= 11 is 1.54. The maximum absolute atomic E-state index is 12.2. The number of fused-ring (bicyclic) bond motifs is 1. The van der Waals surface area contributed by atoms with Crippen LogP contribution in [0, 0.1) is 6.92 Å². The number of anilines is 4. The van der Waals surface area contributed by atoms with Crippen LogP contribution in [0.5, 0.6) is 0 Å². The molecule has 0 atom stereocenters. The summed E-state index contributed by atoms with van der Waals surface area (Å²) in [4.78, 5) is 25.0. The van der Waals surface area contributed by atoms with Crippen LogP contribution in [0.1, 0.15) is 35.5 Å². The Morgan fingerprint density at radius 2 is 1.89 bits per heavy atom. The highest BCUT2D eigenvalue weighted by Crippen LogP contribution is 2.31. The first-order valence-corrected chi connectivity index (χ1v) is 12.5. The Morgan fingerprint density at radius 1 is 1.14 bits per heavy atom. The zero-order chi connectivity index (χ0) is 26.7. The molecule has 0 saturated heterocycles. The standard InChI is InChI=1S/C27H29N7O2S/c1-7-18(17(4)33(5)8-2)19-13-14-22(29-24(19)26(35)36)34(6)23-15-16(3)25(32-31-23)30-27-28-20-11-9-10-12-21(20)37-27/h7,9-15H,1,8H2,2-6H3,(H,35,36)(H,28,30,32)/b18-17+. The maximum atomic E-state index is 12.2. The Kier molecular flexibility index (Phi) is 7.49. The van der Waals surface area contributed by atoms with Crippen molar-refractivity contribution in [2.24, 2.45) is 0 Å². The van der Waals surface area contributed by atoms with Crippen molar-refractivity contribution in [3.63, 3.8) is 0 Å². The normalized spacial score (nSPS) is 11.7. The van der Waals surface area contributed by atoms with Crippen molar-refractivity contribution in [2.75, 3.05) is 30.9 Å². The quantitative estimate of drug-likeness (QED) is 0.265. The number of aromatic nitrogens is 4. The van der Waals surface area contributed by atoms with E-state index in [0.717, 1.165) is 38.7 Å². The zero-order valence-electron chi connectivity index (χ0n) is 21.5. The van der Waals surface area contributed by atoms with Gasteiger partial charge in [-0.15, -0.1) is 10.2 Å². The fraction of sp³-hybridized carbons (Fsp3) is 0.222. The number of hydrogen-bond acceptors (Lipinski definition) is 9. The molecule has 0 saturated carbocycles. The molecule has 3 aromatic heterocycles. The molecular weight excluding hydrogens is 486 g/mol. The molecule has 3 heterocycles. The van der Waals surface area contributed by atoms with E-state index in [9.17, 15) is 9.90 Å². The van der Waals surface area contributed by atoms with Crippen molar-refractivity contribution in [3.8, 4) is 0 Å². The number of para-hydroxylation sites is 1. The van der Waals surface area contributed by atoms with Gasteiger partial charge in [0, 0.05) is 37.5 Å². The first kappa shape index (κ1) is 25.8. The maximum Gasteiger partial charge on any atom is 0.355 e. The highest BCUT2D eigenvalue weighted by Gasteiger charge is 2.20. The fourth-order valence-electron chi connectivity index (χ4n) is 3.81. The lowest BCUT2D eigenvalue weighted by Crippen LogP contribution is -2.18. The average Bonchev–Trinajstić information content (AvgIpc) is 3.31. The van der Waals surface area contributed by atoms with Crippen molar-refractivity contribution < 1.29 is 9.90 Å². The van der Waals surface area contributed by atoms with E-state index in [4.69, 9.17) is 0 Å². The van der Waals surface area contributed by atoms with E-state index < -0.39 is 5.97 Å². The third-order valence-electron chi connectivity index (χ3n) is 6.19. The number of rotatable bonds is 9. The molecule has 0 aliphatic carbocycles. The molecular formula is C27H29N7O2S. The molecule has 0 unspecified atom stereocenters. The molecule has 4 aromatic rings. The second-order valence-corrected chi connectivity index (χ2v) is 9.52. The fourth-order valence-corrected chi connectivity index (χ4v) is 4.68.